The molecule has 0 saturated carbocycles. The van der Waals surface area contributed by atoms with Gasteiger partial charge in [0.1, 0.15) is 0 Å². The molecular weight excluding hydrogens is 896 g/mol. The van der Waals surface area contributed by atoms with Crippen LogP contribution in [0.15, 0.2) is 170 Å². The zero-order valence-electron chi connectivity index (χ0n) is 33.0. The van der Waals surface area contributed by atoms with Crippen LogP contribution in [0.4, 0.5) is 0 Å². The summed E-state index contributed by atoms with van der Waals surface area (Å²) in [6.07, 6.45) is 23.8. The molecule has 0 spiro atoms. The van der Waals surface area contributed by atoms with E-state index in [1.807, 2.05) is 0 Å². The van der Waals surface area contributed by atoms with Crippen LogP contribution in [0.5, 0.6) is 0 Å². The average molecular weight is 948 g/mol. The third-order valence-electron chi connectivity index (χ3n) is 11.1. The molecular formula is C52H52Cl3P2Rh. The normalized spacial score (nSPS) is 14.6. The fourth-order valence-corrected chi connectivity index (χ4v) is 13.6. The standard InChI is InChI=1S/C44H40P2.C8H12.3ClH.Rh/c1-5-19-35(20-6-1)45(36-21-7-2-8-22-36)41-31-29-33-17-13-15-27-39(33)43(41)44-40-28-16-14-18-34(40)30-32-42(44)46(37-23-9-3-10-24-37)38-25-11-4-12-26-38;1-2-4-6-8-7-5-3-1;;;;/h1-12,19-26,29-32H,13-18,27-28H2;1-2,7-8H,3-6H2;3*1H;/q;;;;;+3/p-3/b;2-1-,8-7?;;;;. The first-order chi connectivity index (χ1) is 26.9. The fourth-order valence-electron chi connectivity index (χ4n) is 8.58. The minimum atomic E-state index is -0.752. The van der Waals surface area contributed by atoms with Crippen LogP contribution in [-0.2, 0) is 45.2 Å². The van der Waals surface area contributed by atoms with Gasteiger partial charge in [-0.25, -0.2) is 0 Å². The average Bonchev–Trinajstić information content (AvgIpc) is 3.23. The van der Waals surface area contributed by atoms with Crippen LogP contribution in [0, 0.1) is 0 Å². The summed E-state index contributed by atoms with van der Waals surface area (Å²) in [5, 5.41) is 8.79. The molecule has 0 N–H and O–H groups in total. The Kier molecular flexibility index (Phi) is 20.1. The maximum absolute atomic E-state index is 2.55. The van der Waals surface area contributed by atoms with E-state index in [1.165, 1.54) is 109 Å². The number of rotatable bonds is 7. The smallest absolute Gasteiger partial charge is 1.00 e. The van der Waals surface area contributed by atoms with Gasteiger partial charge >= 0.3 is 19.5 Å². The zero-order chi connectivity index (χ0) is 36.4. The van der Waals surface area contributed by atoms with Crippen LogP contribution < -0.4 is 69.0 Å². The van der Waals surface area contributed by atoms with Crippen molar-refractivity contribution in [1.29, 1.82) is 0 Å². The molecule has 0 aliphatic heterocycles. The molecule has 0 saturated heterocycles. The molecule has 6 heteroatoms. The van der Waals surface area contributed by atoms with Gasteiger partial charge in [-0.3, -0.25) is 0 Å². The Bertz CT molecular complexity index is 1940. The third kappa shape index (κ3) is 11.3. The molecule has 0 unspecified atom stereocenters. The van der Waals surface area contributed by atoms with Crippen molar-refractivity contribution in [3.63, 3.8) is 0 Å². The Morgan fingerprint density at radius 2 is 0.586 bits per heavy atom. The molecule has 0 heterocycles. The Morgan fingerprint density at radius 1 is 0.310 bits per heavy atom. The number of benzene rings is 6. The molecule has 6 aromatic carbocycles. The summed E-state index contributed by atoms with van der Waals surface area (Å²) in [5.74, 6) is 0. The topological polar surface area (TPSA) is 0 Å². The number of hydrogen-bond donors (Lipinski definition) is 0. The van der Waals surface area contributed by atoms with Crippen molar-refractivity contribution in [1.82, 2.24) is 0 Å². The van der Waals surface area contributed by atoms with Crippen molar-refractivity contribution in [2.24, 2.45) is 0 Å². The number of halogens is 3. The summed E-state index contributed by atoms with van der Waals surface area (Å²) in [4.78, 5) is 0. The number of allylic oxidation sites excluding steroid dienone is 4. The van der Waals surface area contributed by atoms with Gasteiger partial charge in [-0.2, -0.15) is 0 Å². The number of aryl methyl sites for hydroxylation is 2. The molecule has 3 aliphatic rings. The number of fused-ring (bicyclic) bond motifs is 2. The van der Waals surface area contributed by atoms with E-state index in [-0.39, 0.29) is 56.7 Å². The first kappa shape index (κ1) is 47.8. The Labute approximate surface area is 382 Å². The zero-order valence-corrected chi connectivity index (χ0v) is 38.7. The van der Waals surface area contributed by atoms with Crippen LogP contribution in [0.2, 0.25) is 0 Å². The Balaban J connectivity index is 0.000000558. The maximum atomic E-state index is 2.55. The predicted molar refractivity (Wildman–Crippen MR) is 239 cm³/mol. The second-order valence-electron chi connectivity index (χ2n) is 14.7. The van der Waals surface area contributed by atoms with Crippen molar-refractivity contribution in [3.8, 4) is 11.1 Å². The van der Waals surface area contributed by atoms with Crippen molar-refractivity contribution >= 4 is 47.7 Å². The molecule has 0 atom stereocenters. The minimum absolute atomic E-state index is 0. The van der Waals surface area contributed by atoms with Crippen molar-refractivity contribution in [2.75, 3.05) is 0 Å². The minimum Gasteiger partial charge on any atom is -1.00 e. The first-order valence-corrected chi connectivity index (χ1v) is 23.0. The first-order valence-electron chi connectivity index (χ1n) is 20.3. The molecule has 0 amide bonds. The molecule has 0 fully saturated rings. The molecule has 58 heavy (non-hydrogen) atoms. The SMILES string of the molecule is C1=CCC/C=C\CC1.[Cl-].[Cl-].[Cl-].[Rh+3].c1ccc(P(c2ccccc2)c2ccc3c(c2-c2c(P(c4ccccc4)c4ccccc4)ccc4c2CCCC4)CCCC3)cc1. The van der Waals surface area contributed by atoms with E-state index in [9.17, 15) is 0 Å². The summed E-state index contributed by atoms with van der Waals surface area (Å²) < 4.78 is 0. The van der Waals surface area contributed by atoms with E-state index in [1.54, 1.807) is 33.4 Å². The van der Waals surface area contributed by atoms with Crippen LogP contribution >= 0.6 is 15.8 Å². The van der Waals surface area contributed by atoms with Crippen molar-refractivity contribution in [3.05, 3.63) is 192 Å². The Morgan fingerprint density at radius 3 is 0.879 bits per heavy atom. The summed E-state index contributed by atoms with van der Waals surface area (Å²) in [7, 11) is -1.50. The summed E-state index contributed by atoms with van der Waals surface area (Å²) >= 11 is 0. The summed E-state index contributed by atoms with van der Waals surface area (Å²) in [6, 6.07) is 55.5. The van der Waals surface area contributed by atoms with E-state index in [2.05, 4.69) is 170 Å². The molecule has 9 rings (SSSR count). The van der Waals surface area contributed by atoms with Gasteiger partial charge in [-0.15, -0.1) is 0 Å². The van der Waals surface area contributed by atoms with E-state index >= 15 is 0 Å². The fraction of sp³-hybridized carbons (Fsp3) is 0.231. The van der Waals surface area contributed by atoms with Crippen LogP contribution in [0.25, 0.3) is 11.1 Å². The van der Waals surface area contributed by atoms with E-state index < -0.39 is 15.8 Å². The van der Waals surface area contributed by atoms with E-state index in [0.29, 0.717) is 0 Å². The van der Waals surface area contributed by atoms with Gasteiger partial charge in [0, 0.05) is 0 Å². The molecule has 0 bridgehead atoms. The molecule has 0 nitrogen and oxygen atoms in total. The predicted octanol–water partition coefficient (Wildman–Crippen LogP) is 2.31. The van der Waals surface area contributed by atoms with Gasteiger partial charge < -0.3 is 37.2 Å². The summed E-state index contributed by atoms with van der Waals surface area (Å²) in [6.45, 7) is 0. The largest absolute Gasteiger partial charge is 3.00 e. The van der Waals surface area contributed by atoms with E-state index in [4.69, 9.17) is 0 Å². The van der Waals surface area contributed by atoms with Crippen molar-refractivity contribution in [2.45, 2.75) is 77.0 Å². The molecule has 300 valence electrons. The van der Waals surface area contributed by atoms with Crippen molar-refractivity contribution < 1.29 is 56.7 Å². The van der Waals surface area contributed by atoms with Crippen LogP contribution in [-0.4, -0.2) is 0 Å². The van der Waals surface area contributed by atoms with Gasteiger partial charge in [-0.05, 0) is 158 Å². The second kappa shape index (κ2) is 24.4. The van der Waals surface area contributed by atoms with Gasteiger partial charge in [0.25, 0.3) is 0 Å². The van der Waals surface area contributed by atoms with Crippen LogP contribution in [0.1, 0.15) is 73.6 Å². The molecule has 6 aromatic rings. The van der Waals surface area contributed by atoms with Gasteiger partial charge in [0.15, 0.2) is 0 Å². The van der Waals surface area contributed by atoms with E-state index in [0.717, 1.165) is 0 Å². The molecule has 3 aliphatic carbocycles. The monoisotopic (exact) mass is 946 g/mol. The second-order valence-corrected chi connectivity index (χ2v) is 19.1. The Hall–Kier alpha value is -2.85. The van der Waals surface area contributed by atoms with Gasteiger partial charge in [0.05, 0.1) is 0 Å². The van der Waals surface area contributed by atoms with Gasteiger partial charge in [0.2, 0.25) is 0 Å². The molecule has 0 aromatic heterocycles. The molecule has 0 radical (unpaired) electrons. The quantitative estimate of drug-likeness (QED) is 0.131. The number of hydrogen-bond acceptors (Lipinski definition) is 0. The summed E-state index contributed by atoms with van der Waals surface area (Å²) in [5.41, 5.74) is 9.54. The van der Waals surface area contributed by atoms with Gasteiger partial charge in [-0.1, -0.05) is 170 Å². The third-order valence-corrected chi connectivity index (χ3v) is 16.1. The maximum Gasteiger partial charge on any atom is 3.00 e. The van der Waals surface area contributed by atoms with Crippen LogP contribution in [0.3, 0.4) is 0 Å².